The average Bonchev–Trinajstić information content (AvgIpc) is 2.48. The maximum Gasteiger partial charge on any atom is 0.316 e. The van der Waals surface area contributed by atoms with Crippen molar-refractivity contribution in [2.75, 3.05) is 33.8 Å². The highest BCUT2D eigenvalue weighted by Crippen LogP contribution is 2.36. The number of piperidine rings is 1. The molecule has 2 rings (SSSR count). The normalized spacial score (nSPS) is 19.4. The average molecular weight is 264 g/mol. The van der Waals surface area contributed by atoms with Gasteiger partial charge >= 0.3 is 6.01 Å². The number of aryl methyl sites for hydroxylation is 1. The number of nitrogens with two attached hydrogens (primary N) is 1. The van der Waals surface area contributed by atoms with E-state index in [0.29, 0.717) is 12.6 Å². The molecule has 0 bridgehead atoms. The third kappa shape index (κ3) is 2.72. The van der Waals surface area contributed by atoms with Gasteiger partial charge in [0.1, 0.15) is 0 Å². The summed E-state index contributed by atoms with van der Waals surface area (Å²) in [6, 6.07) is 0.445. The van der Waals surface area contributed by atoms with Crippen LogP contribution in [0.5, 0.6) is 6.01 Å². The van der Waals surface area contributed by atoms with Crippen LogP contribution in [-0.2, 0) is 11.8 Å². The van der Waals surface area contributed by atoms with Crippen LogP contribution < -0.4 is 10.5 Å². The SMILES string of the molecule is CCc1nc(OC)ncc1C1(CN)CCN(C)CC1. The minimum absolute atomic E-state index is 0.0319. The number of methoxy groups -OCH3 is 1. The quantitative estimate of drug-likeness (QED) is 0.878. The van der Waals surface area contributed by atoms with Gasteiger partial charge in [-0.15, -0.1) is 0 Å². The number of ether oxygens (including phenoxy) is 1. The maximum absolute atomic E-state index is 6.10. The number of likely N-dealkylation sites (tertiary alicyclic amines) is 1. The number of nitrogens with zero attached hydrogens (tertiary/aromatic N) is 3. The lowest BCUT2D eigenvalue weighted by atomic mass is 9.72. The summed E-state index contributed by atoms with van der Waals surface area (Å²) in [6.07, 6.45) is 4.94. The van der Waals surface area contributed by atoms with Crippen molar-refractivity contribution < 1.29 is 4.74 Å². The van der Waals surface area contributed by atoms with E-state index in [4.69, 9.17) is 10.5 Å². The molecule has 0 spiro atoms. The molecule has 19 heavy (non-hydrogen) atoms. The molecule has 2 heterocycles. The molecule has 1 aromatic heterocycles. The van der Waals surface area contributed by atoms with Crippen LogP contribution >= 0.6 is 0 Å². The number of aromatic nitrogens is 2. The Bertz CT molecular complexity index is 427. The van der Waals surface area contributed by atoms with Crippen LogP contribution in [0.25, 0.3) is 0 Å². The zero-order valence-corrected chi connectivity index (χ0v) is 12.1. The Morgan fingerprint density at radius 2 is 2.11 bits per heavy atom. The van der Waals surface area contributed by atoms with Gasteiger partial charge in [0.2, 0.25) is 0 Å². The van der Waals surface area contributed by atoms with E-state index >= 15 is 0 Å². The summed E-state index contributed by atoms with van der Waals surface area (Å²) in [5.41, 5.74) is 8.42. The number of hydrogen-bond donors (Lipinski definition) is 1. The van der Waals surface area contributed by atoms with Gasteiger partial charge < -0.3 is 15.4 Å². The first-order chi connectivity index (χ1) is 9.15. The smallest absolute Gasteiger partial charge is 0.316 e. The first kappa shape index (κ1) is 14.2. The highest BCUT2D eigenvalue weighted by atomic mass is 16.5. The van der Waals surface area contributed by atoms with E-state index in [1.807, 2.05) is 6.20 Å². The summed E-state index contributed by atoms with van der Waals surface area (Å²) in [7, 11) is 3.76. The van der Waals surface area contributed by atoms with Crippen LogP contribution in [0.15, 0.2) is 6.20 Å². The molecule has 5 nitrogen and oxygen atoms in total. The van der Waals surface area contributed by atoms with Crippen LogP contribution in [0.3, 0.4) is 0 Å². The zero-order valence-electron chi connectivity index (χ0n) is 12.1. The molecule has 0 saturated carbocycles. The first-order valence-corrected chi connectivity index (χ1v) is 6.94. The number of hydrogen-bond acceptors (Lipinski definition) is 5. The Kier molecular flexibility index (Phi) is 4.37. The van der Waals surface area contributed by atoms with Crippen LogP contribution in [0, 0.1) is 0 Å². The summed E-state index contributed by atoms with van der Waals surface area (Å²) in [6.45, 7) is 4.92. The van der Waals surface area contributed by atoms with Crippen LogP contribution in [0.1, 0.15) is 31.0 Å². The molecule has 0 radical (unpaired) electrons. The largest absolute Gasteiger partial charge is 0.467 e. The first-order valence-electron chi connectivity index (χ1n) is 6.94. The lowest BCUT2D eigenvalue weighted by Crippen LogP contribution is -2.46. The Labute approximate surface area is 115 Å². The molecular formula is C14H24N4O. The van der Waals surface area contributed by atoms with E-state index in [2.05, 4.69) is 28.8 Å². The van der Waals surface area contributed by atoms with Crippen LogP contribution in [0.4, 0.5) is 0 Å². The summed E-state index contributed by atoms with van der Waals surface area (Å²) < 4.78 is 5.12. The third-order valence-corrected chi connectivity index (χ3v) is 4.27. The minimum atomic E-state index is 0.0319. The fraction of sp³-hybridized carbons (Fsp3) is 0.714. The summed E-state index contributed by atoms with van der Waals surface area (Å²) in [5, 5.41) is 0. The van der Waals surface area contributed by atoms with E-state index < -0.39 is 0 Å². The van der Waals surface area contributed by atoms with Crippen molar-refractivity contribution in [2.45, 2.75) is 31.6 Å². The predicted molar refractivity (Wildman–Crippen MR) is 75.4 cm³/mol. The van der Waals surface area contributed by atoms with Crippen molar-refractivity contribution in [3.8, 4) is 6.01 Å². The molecular weight excluding hydrogens is 240 g/mol. The van der Waals surface area contributed by atoms with Crippen molar-refractivity contribution in [1.29, 1.82) is 0 Å². The fourth-order valence-electron chi connectivity index (χ4n) is 2.84. The minimum Gasteiger partial charge on any atom is -0.467 e. The molecule has 1 saturated heterocycles. The van der Waals surface area contributed by atoms with Crippen molar-refractivity contribution in [2.24, 2.45) is 5.73 Å². The summed E-state index contributed by atoms with van der Waals surface area (Å²) >= 11 is 0. The van der Waals surface area contributed by atoms with Gasteiger partial charge in [0.15, 0.2) is 0 Å². The molecule has 5 heteroatoms. The van der Waals surface area contributed by atoms with Gasteiger partial charge in [-0.25, -0.2) is 4.98 Å². The summed E-state index contributed by atoms with van der Waals surface area (Å²) in [4.78, 5) is 11.1. The van der Waals surface area contributed by atoms with Crippen molar-refractivity contribution >= 4 is 0 Å². The molecule has 1 fully saturated rings. The highest BCUT2D eigenvalue weighted by molar-refractivity contribution is 5.30. The predicted octanol–water partition coefficient (Wildman–Crippen LogP) is 0.970. The second-order valence-corrected chi connectivity index (χ2v) is 5.36. The van der Waals surface area contributed by atoms with E-state index in [1.54, 1.807) is 7.11 Å². The zero-order chi connectivity index (χ0) is 13.9. The Balaban J connectivity index is 2.37. The van der Waals surface area contributed by atoms with Crippen molar-refractivity contribution in [3.05, 3.63) is 17.5 Å². The van der Waals surface area contributed by atoms with Gasteiger partial charge in [0.05, 0.1) is 12.8 Å². The molecule has 1 aliphatic heterocycles. The Hall–Kier alpha value is -1.20. The maximum atomic E-state index is 6.10. The molecule has 0 aliphatic carbocycles. The third-order valence-electron chi connectivity index (χ3n) is 4.27. The fourth-order valence-corrected chi connectivity index (χ4v) is 2.84. The number of rotatable bonds is 4. The van der Waals surface area contributed by atoms with E-state index in [-0.39, 0.29) is 5.41 Å². The molecule has 2 N–H and O–H groups in total. The lowest BCUT2D eigenvalue weighted by molar-refractivity contribution is 0.190. The van der Waals surface area contributed by atoms with Gasteiger partial charge in [-0.05, 0) is 45.0 Å². The van der Waals surface area contributed by atoms with Crippen LogP contribution in [-0.4, -0.2) is 48.7 Å². The molecule has 0 amide bonds. The van der Waals surface area contributed by atoms with Gasteiger partial charge in [-0.1, -0.05) is 6.92 Å². The lowest BCUT2D eigenvalue weighted by Gasteiger charge is -2.40. The molecule has 106 valence electrons. The second-order valence-electron chi connectivity index (χ2n) is 5.36. The van der Waals surface area contributed by atoms with E-state index in [1.165, 1.54) is 5.56 Å². The van der Waals surface area contributed by atoms with Crippen molar-refractivity contribution in [3.63, 3.8) is 0 Å². The molecule has 0 aromatic carbocycles. The van der Waals surface area contributed by atoms with Gasteiger partial charge in [-0.2, -0.15) is 4.98 Å². The summed E-state index contributed by atoms with van der Waals surface area (Å²) in [5.74, 6) is 0. The van der Waals surface area contributed by atoms with E-state index in [0.717, 1.165) is 38.0 Å². The van der Waals surface area contributed by atoms with Crippen molar-refractivity contribution in [1.82, 2.24) is 14.9 Å². The van der Waals surface area contributed by atoms with Gasteiger partial charge in [0, 0.05) is 18.2 Å². The topological polar surface area (TPSA) is 64.3 Å². The Morgan fingerprint density at radius 3 is 2.63 bits per heavy atom. The van der Waals surface area contributed by atoms with Crippen LogP contribution in [0.2, 0.25) is 0 Å². The molecule has 0 atom stereocenters. The Morgan fingerprint density at radius 1 is 1.42 bits per heavy atom. The molecule has 1 aliphatic rings. The second kappa shape index (κ2) is 5.84. The van der Waals surface area contributed by atoms with Gasteiger partial charge in [0.25, 0.3) is 0 Å². The standard InChI is InChI=1S/C14H24N4O/c1-4-12-11(9-16-13(17-12)19-3)14(10-15)5-7-18(2)8-6-14/h9H,4-8,10,15H2,1-3H3. The monoisotopic (exact) mass is 264 g/mol. The van der Waals surface area contributed by atoms with E-state index in [9.17, 15) is 0 Å². The van der Waals surface area contributed by atoms with Gasteiger partial charge in [-0.3, -0.25) is 0 Å². The highest BCUT2D eigenvalue weighted by Gasteiger charge is 2.36. The molecule has 1 aromatic rings. The molecule has 0 unspecified atom stereocenters.